The average Bonchev–Trinajstić information content (AvgIpc) is 3.72. The smallest absolute Gasteiger partial charge is 0.347 e. The third kappa shape index (κ3) is 9.89. The SMILES string of the molecule is CC(=O)N[C@@H](Cc1ccccc1)C(=O)N1CCC[C@H]1C(=O)N[C@@H](C)C(=O)N[C@@H](CCCN=C(N)N)C(=O)N1CCC[C@H]1C(=O)ON. The van der Waals surface area contributed by atoms with E-state index in [2.05, 4.69) is 25.8 Å². The van der Waals surface area contributed by atoms with Crippen LogP contribution in [0.25, 0.3) is 0 Å². The van der Waals surface area contributed by atoms with E-state index in [-0.39, 0.29) is 37.8 Å². The Labute approximate surface area is 267 Å². The zero-order valence-corrected chi connectivity index (χ0v) is 26.3. The number of amides is 5. The quantitative estimate of drug-likeness (QED) is 0.0573. The van der Waals surface area contributed by atoms with Gasteiger partial charge in [0.1, 0.15) is 30.2 Å². The number of rotatable bonds is 14. The summed E-state index contributed by atoms with van der Waals surface area (Å²) in [7, 11) is 0. The highest BCUT2D eigenvalue weighted by Gasteiger charge is 2.40. The van der Waals surface area contributed by atoms with Crippen LogP contribution in [-0.2, 0) is 40.0 Å². The summed E-state index contributed by atoms with van der Waals surface area (Å²) < 4.78 is 0. The van der Waals surface area contributed by atoms with Crippen molar-refractivity contribution in [1.82, 2.24) is 25.8 Å². The predicted molar refractivity (Wildman–Crippen MR) is 167 cm³/mol. The molecule has 2 saturated heterocycles. The summed E-state index contributed by atoms with van der Waals surface area (Å²) in [5, 5.41) is 8.05. The third-order valence-electron chi connectivity index (χ3n) is 8.03. The van der Waals surface area contributed by atoms with Gasteiger partial charge in [-0.15, -0.1) is 0 Å². The van der Waals surface area contributed by atoms with Crippen molar-refractivity contribution in [2.24, 2.45) is 22.4 Å². The Bertz CT molecular complexity index is 1290. The summed E-state index contributed by atoms with van der Waals surface area (Å²) in [6, 6.07) is 4.51. The zero-order valence-electron chi connectivity index (χ0n) is 26.3. The normalized spacial score (nSPS) is 19.4. The molecule has 0 spiro atoms. The molecule has 9 N–H and O–H groups in total. The first-order chi connectivity index (χ1) is 21.9. The Kier molecular flexibility index (Phi) is 13.3. The Morgan fingerprint density at radius 1 is 0.913 bits per heavy atom. The second-order valence-electron chi connectivity index (χ2n) is 11.5. The first-order valence-corrected chi connectivity index (χ1v) is 15.4. The van der Waals surface area contributed by atoms with E-state index >= 15 is 0 Å². The van der Waals surface area contributed by atoms with Crippen molar-refractivity contribution in [2.45, 2.75) is 89.0 Å². The highest BCUT2D eigenvalue weighted by atomic mass is 16.7. The van der Waals surface area contributed by atoms with Gasteiger partial charge in [0.2, 0.25) is 29.5 Å². The number of aliphatic imine (C=N–C) groups is 1. The van der Waals surface area contributed by atoms with Crippen molar-refractivity contribution in [3.63, 3.8) is 0 Å². The molecule has 0 aromatic heterocycles. The van der Waals surface area contributed by atoms with Crippen LogP contribution in [0.2, 0.25) is 0 Å². The van der Waals surface area contributed by atoms with Gasteiger partial charge in [-0.3, -0.25) is 29.0 Å². The van der Waals surface area contributed by atoms with Crippen molar-refractivity contribution in [1.29, 1.82) is 0 Å². The Hall–Kier alpha value is -4.73. The van der Waals surface area contributed by atoms with E-state index in [9.17, 15) is 28.8 Å². The minimum absolute atomic E-state index is 0.114. The molecule has 1 aromatic carbocycles. The van der Waals surface area contributed by atoms with E-state index in [4.69, 9.17) is 17.4 Å². The topological polar surface area (TPSA) is 245 Å². The van der Waals surface area contributed by atoms with Gasteiger partial charge in [-0.05, 0) is 51.0 Å². The van der Waals surface area contributed by atoms with Gasteiger partial charge in [0.05, 0.1) is 0 Å². The van der Waals surface area contributed by atoms with E-state index in [0.717, 1.165) is 5.56 Å². The van der Waals surface area contributed by atoms with Crippen LogP contribution in [0.15, 0.2) is 35.3 Å². The van der Waals surface area contributed by atoms with Crippen LogP contribution in [0.3, 0.4) is 0 Å². The summed E-state index contributed by atoms with van der Waals surface area (Å²) in [4.78, 5) is 88.8. The van der Waals surface area contributed by atoms with Gasteiger partial charge in [0, 0.05) is 33.0 Å². The molecule has 46 heavy (non-hydrogen) atoms. The molecule has 16 heteroatoms. The lowest BCUT2D eigenvalue weighted by Crippen LogP contribution is -2.58. The van der Waals surface area contributed by atoms with Crippen molar-refractivity contribution in [2.75, 3.05) is 19.6 Å². The lowest BCUT2D eigenvalue weighted by Gasteiger charge is -2.30. The fraction of sp³-hybridized carbons (Fsp3) is 0.567. The molecule has 5 amide bonds. The Morgan fingerprint density at radius 3 is 2.13 bits per heavy atom. The van der Waals surface area contributed by atoms with Crippen LogP contribution >= 0.6 is 0 Å². The van der Waals surface area contributed by atoms with Crippen LogP contribution in [0.1, 0.15) is 57.9 Å². The van der Waals surface area contributed by atoms with Crippen LogP contribution < -0.4 is 33.3 Å². The van der Waals surface area contributed by atoms with Crippen LogP contribution in [0.4, 0.5) is 0 Å². The fourth-order valence-corrected chi connectivity index (χ4v) is 5.79. The number of nitrogens with one attached hydrogen (secondary N) is 3. The molecule has 0 radical (unpaired) electrons. The first-order valence-electron chi connectivity index (χ1n) is 15.4. The number of hydrogen-bond donors (Lipinski definition) is 6. The van der Waals surface area contributed by atoms with E-state index < -0.39 is 59.8 Å². The number of likely N-dealkylation sites (tertiary alicyclic amines) is 2. The molecule has 2 aliphatic rings. The molecule has 5 atom stereocenters. The molecule has 0 unspecified atom stereocenters. The lowest BCUT2D eigenvalue weighted by molar-refractivity contribution is -0.154. The second-order valence-corrected chi connectivity index (χ2v) is 11.5. The number of hydrogen-bond acceptors (Lipinski definition) is 9. The fourth-order valence-electron chi connectivity index (χ4n) is 5.79. The molecule has 1 aromatic rings. The molecule has 2 aliphatic heterocycles. The number of guanidine groups is 1. The molecule has 252 valence electrons. The van der Waals surface area contributed by atoms with Crippen LogP contribution in [0, 0.1) is 0 Å². The Morgan fingerprint density at radius 2 is 1.52 bits per heavy atom. The number of nitrogens with zero attached hydrogens (tertiary/aromatic N) is 3. The van der Waals surface area contributed by atoms with Crippen LogP contribution in [0.5, 0.6) is 0 Å². The third-order valence-corrected chi connectivity index (χ3v) is 8.03. The monoisotopic (exact) mass is 643 g/mol. The molecule has 16 nitrogen and oxygen atoms in total. The van der Waals surface area contributed by atoms with Crippen molar-refractivity contribution >= 4 is 41.5 Å². The second kappa shape index (κ2) is 17.1. The van der Waals surface area contributed by atoms with E-state index in [1.165, 1.54) is 23.6 Å². The number of benzene rings is 1. The molecule has 3 rings (SSSR count). The van der Waals surface area contributed by atoms with E-state index in [0.29, 0.717) is 38.6 Å². The summed E-state index contributed by atoms with van der Waals surface area (Å²) in [5.41, 5.74) is 11.6. The lowest BCUT2D eigenvalue weighted by atomic mass is 10.0. The molecule has 2 heterocycles. The number of carbonyl (C=O) groups excluding carboxylic acids is 6. The minimum Gasteiger partial charge on any atom is -0.372 e. The predicted octanol–water partition coefficient (Wildman–Crippen LogP) is -1.82. The molecule has 0 saturated carbocycles. The maximum absolute atomic E-state index is 13.6. The summed E-state index contributed by atoms with van der Waals surface area (Å²) in [5.74, 6) is 1.76. The van der Waals surface area contributed by atoms with Gasteiger partial charge < -0.3 is 42.1 Å². The van der Waals surface area contributed by atoms with E-state index in [1.54, 1.807) is 0 Å². The Balaban J connectivity index is 1.67. The minimum atomic E-state index is -1.07. The maximum atomic E-state index is 13.6. The van der Waals surface area contributed by atoms with E-state index in [1.807, 2.05) is 30.3 Å². The van der Waals surface area contributed by atoms with Gasteiger partial charge in [-0.1, -0.05) is 30.3 Å². The van der Waals surface area contributed by atoms with Crippen molar-refractivity contribution in [3.05, 3.63) is 35.9 Å². The molecule has 0 bridgehead atoms. The molecule has 2 fully saturated rings. The standard InChI is InChI=1S/C30H45N9O7/c1-18(25(41)37-21(11-6-14-34-30(31)32)27(43)39-16-8-13-24(39)29(45)46-33)35-26(42)23-12-7-15-38(23)28(44)22(36-19(2)40)17-20-9-4-3-5-10-20/h3-5,9-10,18,21-24H,6-8,11-17,33H2,1-2H3,(H,35,42)(H,36,40)(H,37,41)(H4,31,32,34)/t18-,21-,22-,23-,24-/m0/s1. The van der Waals surface area contributed by atoms with Gasteiger partial charge in [-0.2, -0.15) is 5.90 Å². The highest BCUT2D eigenvalue weighted by Crippen LogP contribution is 2.22. The van der Waals surface area contributed by atoms with Gasteiger partial charge in [0.15, 0.2) is 5.96 Å². The van der Waals surface area contributed by atoms with Crippen molar-refractivity contribution in [3.8, 4) is 0 Å². The first kappa shape index (κ1) is 35.7. The maximum Gasteiger partial charge on any atom is 0.347 e. The zero-order chi connectivity index (χ0) is 33.8. The number of carbonyl (C=O) groups is 6. The molecule has 0 aliphatic carbocycles. The largest absolute Gasteiger partial charge is 0.372 e. The van der Waals surface area contributed by atoms with Crippen LogP contribution in [-0.4, -0.2) is 101 Å². The summed E-state index contributed by atoms with van der Waals surface area (Å²) in [6.07, 6.45) is 2.61. The van der Waals surface area contributed by atoms with Gasteiger partial charge in [-0.25, -0.2) is 4.79 Å². The summed E-state index contributed by atoms with van der Waals surface area (Å²) >= 11 is 0. The summed E-state index contributed by atoms with van der Waals surface area (Å²) in [6.45, 7) is 3.59. The van der Waals surface area contributed by atoms with Gasteiger partial charge >= 0.3 is 5.97 Å². The average molecular weight is 644 g/mol. The molecular weight excluding hydrogens is 598 g/mol. The molecular formula is C30H45N9O7. The number of nitrogens with two attached hydrogens (primary N) is 3. The van der Waals surface area contributed by atoms with Gasteiger partial charge in [0.25, 0.3) is 0 Å². The van der Waals surface area contributed by atoms with Crippen molar-refractivity contribution < 1.29 is 33.6 Å². The highest BCUT2D eigenvalue weighted by molar-refractivity contribution is 5.96.